The lowest BCUT2D eigenvalue weighted by molar-refractivity contribution is -0.137. The van der Waals surface area contributed by atoms with Gasteiger partial charge in [-0.25, -0.2) is 4.79 Å². The normalized spacial score (nSPS) is 10.9. The smallest absolute Gasteiger partial charge is 0.416 e. The highest BCUT2D eigenvalue weighted by atomic mass is 19.4. The van der Waals surface area contributed by atoms with Crippen LogP contribution in [0.3, 0.4) is 0 Å². The third-order valence-electron chi connectivity index (χ3n) is 3.96. The second-order valence-electron chi connectivity index (χ2n) is 6.06. The Kier molecular flexibility index (Phi) is 5.92. The summed E-state index contributed by atoms with van der Waals surface area (Å²) in [5.41, 5.74) is 1.10. The van der Waals surface area contributed by atoms with Gasteiger partial charge in [-0.2, -0.15) is 13.2 Å². The molecule has 2 amide bonds. The van der Waals surface area contributed by atoms with Gasteiger partial charge in [0, 0.05) is 17.1 Å². The number of carbonyl (C=O) groups excluding carboxylic acids is 1. The lowest BCUT2D eigenvalue weighted by atomic mass is 10.2. The molecular formula is C21H18F3N3O2. The molecule has 0 bridgehead atoms. The van der Waals surface area contributed by atoms with Crippen LogP contribution < -0.4 is 20.7 Å². The van der Waals surface area contributed by atoms with Gasteiger partial charge in [-0.15, -0.1) is 0 Å². The van der Waals surface area contributed by atoms with Crippen molar-refractivity contribution in [1.82, 2.24) is 0 Å². The Morgan fingerprint density at radius 3 is 2.24 bits per heavy atom. The molecule has 3 aromatic carbocycles. The van der Waals surface area contributed by atoms with Crippen molar-refractivity contribution in [3.8, 4) is 5.75 Å². The molecule has 0 heterocycles. The summed E-state index contributed by atoms with van der Waals surface area (Å²) in [4.78, 5) is 12.3. The van der Waals surface area contributed by atoms with E-state index in [2.05, 4.69) is 16.0 Å². The largest absolute Gasteiger partial charge is 0.495 e. The highest BCUT2D eigenvalue weighted by Crippen LogP contribution is 2.31. The molecule has 3 aromatic rings. The number of para-hydroxylation sites is 1. The van der Waals surface area contributed by atoms with Crippen molar-refractivity contribution in [1.29, 1.82) is 0 Å². The Hall–Kier alpha value is -3.68. The number of ether oxygens (including phenoxy) is 1. The topological polar surface area (TPSA) is 62.4 Å². The molecule has 0 aromatic heterocycles. The van der Waals surface area contributed by atoms with Gasteiger partial charge in [0.1, 0.15) is 5.75 Å². The fourth-order valence-corrected chi connectivity index (χ4v) is 2.63. The molecular weight excluding hydrogens is 383 g/mol. The molecule has 150 valence electrons. The van der Waals surface area contributed by atoms with Crippen LogP contribution in [-0.2, 0) is 6.18 Å². The molecule has 0 fully saturated rings. The van der Waals surface area contributed by atoms with E-state index in [0.29, 0.717) is 17.1 Å². The molecule has 0 saturated carbocycles. The van der Waals surface area contributed by atoms with E-state index in [1.165, 1.54) is 19.2 Å². The molecule has 3 rings (SSSR count). The van der Waals surface area contributed by atoms with Gasteiger partial charge < -0.3 is 20.7 Å². The third-order valence-corrected chi connectivity index (χ3v) is 3.96. The van der Waals surface area contributed by atoms with Crippen molar-refractivity contribution >= 4 is 28.8 Å². The van der Waals surface area contributed by atoms with Crippen LogP contribution in [0.25, 0.3) is 0 Å². The number of alkyl halides is 3. The third kappa shape index (κ3) is 5.41. The van der Waals surface area contributed by atoms with Gasteiger partial charge in [0.15, 0.2) is 0 Å². The Bertz CT molecular complexity index is 992. The Labute approximate surface area is 165 Å². The number of nitrogens with one attached hydrogen (secondary N) is 3. The number of rotatable bonds is 5. The van der Waals surface area contributed by atoms with Gasteiger partial charge in [-0.3, -0.25) is 0 Å². The quantitative estimate of drug-likeness (QED) is 0.484. The highest BCUT2D eigenvalue weighted by molar-refractivity contribution is 6.01. The van der Waals surface area contributed by atoms with Crippen molar-refractivity contribution in [2.45, 2.75) is 6.18 Å². The van der Waals surface area contributed by atoms with Crippen LogP contribution in [0.15, 0.2) is 72.8 Å². The molecule has 0 spiro atoms. The Morgan fingerprint density at radius 2 is 1.55 bits per heavy atom. The number of carbonyl (C=O) groups is 1. The first-order chi connectivity index (χ1) is 13.8. The van der Waals surface area contributed by atoms with Crippen molar-refractivity contribution in [2.75, 3.05) is 23.1 Å². The molecule has 0 atom stereocenters. The van der Waals surface area contributed by atoms with Crippen LogP contribution in [0.2, 0.25) is 0 Å². The predicted molar refractivity (Wildman–Crippen MR) is 107 cm³/mol. The van der Waals surface area contributed by atoms with Crippen LogP contribution in [0.1, 0.15) is 5.56 Å². The minimum atomic E-state index is -4.49. The molecule has 5 nitrogen and oxygen atoms in total. The Morgan fingerprint density at radius 1 is 0.828 bits per heavy atom. The lowest BCUT2D eigenvalue weighted by Gasteiger charge is -2.14. The lowest BCUT2D eigenvalue weighted by Crippen LogP contribution is -2.20. The average Bonchev–Trinajstić information content (AvgIpc) is 2.68. The first-order valence-corrected chi connectivity index (χ1v) is 8.60. The van der Waals surface area contributed by atoms with Gasteiger partial charge in [0.2, 0.25) is 0 Å². The minimum Gasteiger partial charge on any atom is -0.495 e. The van der Waals surface area contributed by atoms with Crippen LogP contribution in [0, 0.1) is 0 Å². The first kappa shape index (κ1) is 20.1. The van der Waals surface area contributed by atoms with E-state index in [0.717, 1.165) is 17.8 Å². The van der Waals surface area contributed by atoms with E-state index < -0.39 is 17.8 Å². The zero-order valence-corrected chi connectivity index (χ0v) is 15.4. The number of urea groups is 1. The number of anilines is 4. The zero-order valence-electron chi connectivity index (χ0n) is 15.4. The van der Waals surface area contributed by atoms with Gasteiger partial charge in [-0.05, 0) is 48.5 Å². The predicted octanol–water partition coefficient (Wildman–Crippen LogP) is 6.10. The van der Waals surface area contributed by atoms with E-state index in [4.69, 9.17) is 4.74 Å². The number of halogens is 3. The summed E-state index contributed by atoms with van der Waals surface area (Å²) in [6.45, 7) is 0. The summed E-state index contributed by atoms with van der Waals surface area (Å²) in [6, 6.07) is 18.3. The standard InChI is InChI=1S/C21H18F3N3O2/c1-29-19-11-10-17(25-15-7-3-2-4-8-15)13-18(19)27-20(28)26-16-9-5-6-14(12-16)21(22,23)24/h2-13,25H,1H3,(H2,26,27,28). The van der Waals surface area contributed by atoms with Crippen molar-refractivity contribution in [3.05, 3.63) is 78.4 Å². The molecule has 0 aliphatic rings. The molecule has 0 radical (unpaired) electrons. The van der Waals surface area contributed by atoms with Crippen LogP contribution in [-0.4, -0.2) is 13.1 Å². The molecule has 0 unspecified atom stereocenters. The van der Waals surface area contributed by atoms with E-state index in [1.807, 2.05) is 30.3 Å². The van der Waals surface area contributed by atoms with Crippen LogP contribution in [0.4, 0.5) is 40.7 Å². The maximum atomic E-state index is 12.8. The summed E-state index contributed by atoms with van der Waals surface area (Å²) >= 11 is 0. The number of benzene rings is 3. The van der Waals surface area contributed by atoms with E-state index >= 15 is 0 Å². The maximum absolute atomic E-state index is 12.8. The van der Waals surface area contributed by atoms with Crippen molar-refractivity contribution in [3.63, 3.8) is 0 Å². The van der Waals surface area contributed by atoms with Crippen LogP contribution in [0.5, 0.6) is 5.75 Å². The fourth-order valence-electron chi connectivity index (χ4n) is 2.63. The van der Waals surface area contributed by atoms with E-state index in [9.17, 15) is 18.0 Å². The number of hydrogen-bond donors (Lipinski definition) is 3. The summed E-state index contributed by atoms with van der Waals surface area (Å²) in [5.74, 6) is 0.405. The molecule has 8 heteroatoms. The minimum absolute atomic E-state index is 0.0230. The Balaban J connectivity index is 1.74. The van der Waals surface area contributed by atoms with Gasteiger partial charge in [0.25, 0.3) is 0 Å². The second kappa shape index (κ2) is 8.55. The first-order valence-electron chi connectivity index (χ1n) is 8.60. The van der Waals surface area contributed by atoms with Crippen molar-refractivity contribution in [2.24, 2.45) is 0 Å². The summed E-state index contributed by atoms with van der Waals surface area (Å²) in [5, 5.41) is 8.19. The summed E-state index contributed by atoms with van der Waals surface area (Å²) in [6.07, 6.45) is -4.49. The summed E-state index contributed by atoms with van der Waals surface area (Å²) < 4.78 is 43.7. The molecule has 0 saturated heterocycles. The molecule has 3 N–H and O–H groups in total. The number of amides is 2. The van der Waals surface area contributed by atoms with Gasteiger partial charge in [0.05, 0.1) is 18.4 Å². The van der Waals surface area contributed by atoms with Gasteiger partial charge >= 0.3 is 12.2 Å². The van der Waals surface area contributed by atoms with Gasteiger partial charge in [-0.1, -0.05) is 24.3 Å². The number of hydrogen-bond acceptors (Lipinski definition) is 3. The second-order valence-corrected chi connectivity index (χ2v) is 6.06. The molecule has 29 heavy (non-hydrogen) atoms. The van der Waals surface area contributed by atoms with E-state index in [-0.39, 0.29) is 5.69 Å². The number of methoxy groups -OCH3 is 1. The highest BCUT2D eigenvalue weighted by Gasteiger charge is 2.30. The van der Waals surface area contributed by atoms with Crippen LogP contribution >= 0.6 is 0 Å². The van der Waals surface area contributed by atoms with Crippen molar-refractivity contribution < 1.29 is 22.7 Å². The fraction of sp³-hybridized carbons (Fsp3) is 0.0952. The SMILES string of the molecule is COc1ccc(Nc2ccccc2)cc1NC(=O)Nc1cccc(C(F)(F)F)c1. The monoisotopic (exact) mass is 401 g/mol. The zero-order chi connectivity index (χ0) is 20.9. The molecule has 0 aliphatic carbocycles. The molecule has 0 aliphatic heterocycles. The maximum Gasteiger partial charge on any atom is 0.416 e. The van der Waals surface area contributed by atoms with E-state index in [1.54, 1.807) is 18.2 Å². The average molecular weight is 401 g/mol. The summed E-state index contributed by atoms with van der Waals surface area (Å²) in [7, 11) is 1.45.